The number of morpholine rings is 1. The lowest BCUT2D eigenvalue weighted by Crippen LogP contribution is -2.48. The molecule has 2 fully saturated rings. The number of anilines is 1. The second-order valence-corrected chi connectivity index (χ2v) is 10.2. The molecule has 0 radical (unpaired) electrons. The van der Waals surface area contributed by atoms with Crippen molar-refractivity contribution in [1.82, 2.24) is 19.0 Å². The third-order valence-corrected chi connectivity index (χ3v) is 7.80. The molecule has 4 heterocycles. The predicted octanol–water partition coefficient (Wildman–Crippen LogP) is 3.92. The van der Waals surface area contributed by atoms with Gasteiger partial charge in [0.1, 0.15) is 17.4 Å². The van der Waals surface area contributed by atoms with Gasteiger partial charge < -0.3 is 19.3 Å². The summed E-state index contributed by atoms with van der Waals surface area (Å²) in [7, 11) is 3.76. The number of hydrogen-bond acceptors (Lipinski definition) is 6. The van der Waals surface area contributed by atoms with Crippen LogP contribution in [0.1, 0.15) is 0 Å². The number of ether oxygens (including phenoxy) is 1. The number of imidazole rings is 1. The van der Waals surface area contributed by atoms with E-state index in [9.17, 15) is 14.3 Å². The number of hydrogen-bond donors (Lipinski definition) is 1. The number of aromatic nitrogens is 3. The van der Waals surface area contributed by atoms with Gasteiger partial charge in [0.15, 0.2) is 0 Å². The van der Waals surface area contributed by atoms with Crippen LogP contribution in [0.3, 0.4) is 0 Å². The molecule has 0 spiro atoms. The van der Waals surface area contributed by atoms with Crippen molar-refractivity contribution in [3.05, 3.63) is 82.4 Å². The van der Waals surface area contributed by atoms with E-state index in [1.807, 2.05) is 6.07 Å². The van der Waals surface area contributed by atoms with Crippen LogP contribution in [0.4, 0.5) is 10.2 Å². The van der Waals surface area contributed by atoms with E-state index in [0.717, 1.165) is 25.5 Å². The predicted molar refractivity (Wildman–Crippen MR) is 145 cm³/mol. The number of pyridine rings is 1. The van der Waals surface area contributed by atoms with Gasteiger partial charge in [0, 0.05) is 56.4 Å². The summed E-state index contributed by atoms with van der Waals surface area (Å²) >= 11 is 6.53. The molecule has 2 aliphatic rings. The average Bonchev–Trinajstić information content (AvgIpc) is 3.50. The highest BCUT2D eigenvalue weighted by Gasteiger charge is 2.39. The summed E-state index contributed by atoms with van der Waals surface area (Å²) in [6.07, 6.45) is 5.06. The third kappa shape index (κ3) is 4.26. The van der Waals surface area contributed by atoms with Gasteiger partial charge in [0.2, 0.25) is 0 Å². The Kier molecular flexibility index (Phi) is 6.22. The van der Waals surface area contributed by atoms with Crippen molar-refractivity contribution in [1.29, 1.82) is 0 Å². The van der Waals surface area contributed by atoms with Crippen molar-refractivity contribution in [2.45, 2.75) is 12.1 Å². The Morgan fingerprint density at radius 3 is 2.50 bits per heavy atom. The highest BCUT2D eigenvalue weighted by molar-refractivity contribution is 6.32. The number of nitrogens with zero attached hydrogens (tertiary/aromatic N) is 5. The molecule has 6 rings (SSSR count). The summed E-state index contributed by atoms with van der Waals surface area (Å²) < 4.78 is 23.7. The Balaban J connectivity index is 1.35. The lowest BCUT2D eigenvalue weighted by Gasteiger charge is -2.33. The molecule has 0 saturated carbocycles. The van der Waals surface area contributed by atoms with Crippen LogP contribution in [0.15, 0.2) is 65.8 Å². The maximum Gasteiger partial charge on any atom is 0.332 e. The Bertz CT molecular complexity index is 1590. The van der Waals surface area contributed by atoms with Crippen molar-refractivity contribution in [3.8, 4) is 33.7 Å². The van der Waals surface area contributed by atoms with Crippen LogP contribution < -0.4 is 10.6 Å². The summed E-state index contributed by atoms with van der Waals surface area (Å²) in [5, 5.41) is 11.6. The topological polar surface area (TPSA) is 75.8 Å². The largest absolute Gasteiger partial charge is 0.507 e. The van der Waals surface area contributed by atoms with Gasteiger partial charge in [-0.1, -0.05) is 17.7 Å². The average molecular weight is 536 g/mol. The van der Waals surface area contributed by atoms with Crippen LogP contribution in [0.25, 0.3) is 27.9 Å². The molecule has 2 aliphatic heterocycles. The number of rotatable bonds is 4. The van der Waals surface area contributed by atoms with Crippen molar-refractivity contribution in [2.24, 2.45) is 7.05 Å². The Hall–Kier alpha value is -3.66. The maximum atomic E-state index is 14.9. The van der Waals surface area contributed by atoms with E-state index in [-0.39, 0.29) is 17.5 Å². The van der Waals surface area contributed by atoms with Gasteiger partial charge in [-0.2, -0.15) is 0 Å². The molecule has 38 heavy (non-hydrogen) atoms. The van der Waals surface area contributed by atoms with Crippen molar-refractivity contribution < 1.29 is 14.2 Å². The summed E-state index contributed by atoms with van der Waals surface area (Å²) in [6, 6.07) is 11.5. The Morgan fingerprint density at radius 1 is 1.05 bits per heavy atom. The van der Waals surface area contributed by atoms with E-state index >= 15 is 0 Å². The zero-order valence-corrected chi connectivity index (χ0v) is 21.8. The highest BCUT2D eigenvalue weighted by atomic mass is 35.5. The first-order chi connectivity index (χ1) is 18.3. The van der Waals surface area contributed by atoms with Crippen LogP contribution in [-0.2, 0) is 11.8 Å². The third-order valence-electron chi connectivity index (χ3n) is 7.50. The molecule has 2 saturated heterocycles. The number of halogens is 2. The smallest absolute Gasteiger partial charge is 0.332 e. The summed E-state index contributed by atoms with van der Waals surface area (Å²) in [5.74, 6) is 0.190. The van der Waals surface area contributed by atoms with Gasteiger partial charge in [-0.3, -0.25) is 9.47 Å². The summed E-state index contributed by atoms with van der Waals surface area (Å²) in [4.78, 5) is 21.4. The fraction of sp³-hybridized carbons (Fsp3) is 0.286. The van der Waals surface area contributed by atoms with Crippen molar-refractivity contribution >= 4 is 17.4 Å². The van der Waals surface area contributed by atoms with E-state index in [1.54, 1.807) is 49.9 Å². The monoisotopic (exact) mass is 535 g/mol. The second-order valence-electron chi connectivity index (χ2n) is 9.84. The lowest BCUT2D eigenvalue weighted by atomic mass is 9.97. The number of phenols is 1. The molecule has 1 N–H and O–H groups in total. The minimum Gasteiger partial charge on any atom is -0.507 e. The molecule has 2 aromatic carbocycles. The standard InChI is InChI=1S/C28H27ClFN5O3/c1-32-9-10-38-25-16-34(15-24(25)32)26-12-18(5-6-31-26)21-14-19(30)13-20(27(21)36)17-3-4-23(22(29)11-17)35-8-7-33(2)28(35)37/h3-8,11-14,24-25,36H,9-10,15-16H2,1-2H3. The second kappa shape index (κ2) is 9.58. The van der Waals surface area contributed by atoms with Gasteiger partial charge in [-0.05, 0) is 54.6 Å². The minimum atomic E-state index is -0.493. The fourth-order valence-electron chi connectivity index (χ4n) is 5.36. The quantitative estimate of drug-likeness (QED) is 0.427. The minimum absolute atomic E-state index is 0.0672. The molecular weight excluding hydrogens is 509 g/mol. The highest BCUT2D eigenvalue weighted by Crippen LogP contribution is 2.41. The van der Waals surface area contributed by atoms with Gasteiger partial charge in [-0.25, -0.2) is 14.2 Å². The van der Waals surface area contributed by atoms with Crippen LogP contribution >= 0.6 is 11.6 Å². The zero-order chi connectivity index (χ0) is 26.6. The molecule has 4 aromatic rings. The van der Waals surface area contributed by atoms with Crippen LogP contribution in [0.5, 0.6) is 5.75 Å². The van der Waals surface area contributed by atoms with Crippen LogP contribution in [-0.4, -0.2) is 69.6 Å². The van der Waals surface area contributed by atoms with Gasteiger partial charge in [-0.15, -0.1) is 0 Å². The van der Waals surface area contributed by atoms with Gasteiger partial charge in [0.25, 0.3) is 0 Å². The molecule has 2 aromatic heterocycles. The molecule has 196 valence electrons. The first-order valence-electron chi connectivity index (χ1n) is 12.4. The van der Waals surface area contributed by atoms with Crippen LogP contribution in [0.2, 0.25) is 5.02 Å². The van der Waals surface area contributed by atoms with Crippen LogP contribution in [0, 0.1) is 5.82 Å². The fourth-order valence-corrected chi connectivity index (χ4v) is 5.63. The van der Waals surface area contributed by atoms with E-state index < -0.39 is 5.82 Å². The SMILES string of the molecule is CN1CCOC2CN(c3cc(-c4cc(F)cc(-c5ccc(-n6ccn(C)c6=O)c(Cl)c5)c4O)ccn3)CC21. The molecule has 0 amide bonds. The molecule has 0 aliphatic carbocycles. The number of aromatic hydroxyl groups is 1. The zero-order valence-electron chi connectivity index (χ0n) is 21.0. The molecule has 0 bridgehead atoms. The number of aryl methyl sites for hydroxylation is 1. The number of phenolic OH excluding ortho intramolecular Hbond substituents is 1. The molecule has 10 heteroatoms. The normalized spacial score (nSPS) is 19.6. The Labute approximate surface area is 224 Å². The number of likely N-dealkylation sites (N-methyl/N-ethyl adjacent to an activating group) is 1. The first kappa shape index (κ1) is 24.7. The molecular formula is C28H27ClFN5O3. The lowest BCUT2D eigenvalue weighted by molar-refractivity contribution is -0.0362. The Morgan fingerprint density at radius 2 is 1.82 bits per heavy atom. The van der Waals surface area contributed by atoms with Gasteiger partial charge in [0.05, 0.1) is 29.5 Å². The molecule has 8 nitrogen and oxygen atoms in total. The number of benzene rings is 2. The van der Waals surface area contributed by atoms with Crippen molar-refractivity contribution in [3.63, 3.8) is 0 Å². The molecule has 2 atom stereocenters. The maximum absolute atomic E-state index is 14.9. The van der Waals surface area contributed by atoms with Gasteiger partial charge >= 0.3 is 5.69 Å². The van der Waals surface area contributed by atoms with E-state index in [1.165, 1.54) is 21.3 Å². The summed E-state index contributed by atoms with van der Waals surface area (Å²) in [6.45, 7) is 3.12. The van der Waals surface area contributed by atoms with Crippen molar-refractivity contribution in [2.75, 3.05) is 38.2 Å². The van der Waals surface area contributed by atoms with E-state index in [0.29, 0.717) is 45.6 Å². The number of fused-ring (bicyclic) bond motifs is 1. The van der Waals surface area contributed by atoms with E-state index in [4.69, 9.17) is 16.3 Å². The van der Waals surface area contributed by atoms with E-state index in [2.05, 4.69) is 21.8 Å². The first-order valence-corrected chi connectivity index (χ1v) is 12.8. The molecule has 2 unspecified atom stereocenters. The summed E-state index contributed by atoms with van der Waals surface area (Å²) in [5.41, 5.74) is 2.09.